The number of hydrogen-bond acceptors (Lipinski definition) is 6. The molecule has 0 unspecified atom stereocenters. The molecule has 176 valence electrons. The molecule has 0 saturated carbocycles. The Kier molecular flexibility index (Phi) is 6.98. The van der Waals surface area contributed by atoms with Crippen LogP contribution in [0.5, 0.6) is 0 Å². The van der Waals surface area contributed by atoms with E-state index in [9.17, 15) is 0 Å². The number of hydrogen-bond donors (Lipinski definition) is 1. The van der Waals surface area contributed by atoms with E-state index in [0.717, 1.165) is 66.1 Å². The van der Waals surface area contributed by atoms with E-state index in [1.807, 2.05) is 41.2 Å². The van der Waals surface area contributed by atoms with Gasteiger partial charge >= 0.3 is 0 Å². The fourth-order valence-corrected chi connectivity index (χ4v) is 4.12. The number of benzene rings is 2. The number of aromatic amines is 1. The first-order valence-corrected chi connectivity index (χ1v) is 12.0. The van der Waals surface area contributed by atoms with Crippen LogP contribution >= 0.6 is 0 Å². The van der Waals surface area contributed by atoms with Crippen molar-refractivity contribution < 1.29 is 0 Å². The Labute approximate surface area is 204 Å². The summed E-state index contributed by atoms with van der Waals surface area (Å²) in [7, 11) is 0. The summed E-state index contributed by atoms with van der Waals surface area (Å²) in [5.74, 6) is 2.56. The molecule has 3 heterocycles. The highest BCUT2D eigenvalue weighted by atomic mass is 15.5. The van der Waals surface area contributed by atoms with Gasteiger partial charge in [-0.1, -0.05) is 74.0 Å². The van der Waals surface area contributed by atoms with Gasteiger partial charge in [-0.2, -0.15) is 5.10 Å². The molecule has 8 nitrogen and oxygen atoms in total. The third-order valence-electron chi connectivity index (χ3n) is 6.00. The van der Waals surface area contributed by atoms with Crippen molar-refractivity contribution in [3.8, 4) is 22.5 Å². The normalized spacial score (nSPS) is 11.1. The Morgan fingerprint density at radius 3 is 2.43 bits per heavy atom. The van der Waals surface area contributed by atoms with Gasteiger partial charge in [-0.25, -0.2) is 14.8 Å². The molecule has 8 heteroatoms. The molecule has 3 aromatic heterocycles. The number of unbranched alkanes of at least 4 members (excludes halogenated alkanes) is 1. The summed E-state index contributed by atoms with van der Waals surface area (Å²) in [6, 6.07) is 22.7. The van der Waals surface area contributed by atoms with Gasteiger partial charge in [-0.05, 0) is 40.5 Å². The second-order valence-electron chi connectivity index (χ2n) is 8.52. The molecule has 0 fully saturated rings. The Morgan fingerprint density at radius 1 is 0.857 bits per heavy atom. The highest BCUT2D eigenvalue weighted by Crippen LogP contribution is 2.29. The van der Waals surface area contributed by atoms with Crippen LogP contribution in [0.2, 0.25) is 0 Å². The van der Waals surface area contributed by atoms with Crippen LogP contribution in [0, 0.1) is 0 Å². The molecule has 5 aromatic rings. The van der Waals surface area contributed by atoms with Gasteiger partial charge < -0.3 is 0 Å². The average molecular weight is 465 g/mol. The molecule has 0 atom stereocenters. The van der Waals surface area contributed by atoms with Crippen molar-refractivity contribution in [3.05, 3.63) is 95.8 Å². The first kappa shape index (κ1) is 22.6. The Balaban J connectivity index is 1.34. The molecule has 0 aliphatic heterocycles. The third kappa shape index (κ3) is 5.48. The lowest BCUT2D eigenvalue weighted by molar-refractivity contribution is 0.605. The van der Waals surface area contributed by atoms with Crippen molar-refractivity contribution in [2.45, 2.75) is 45.6 Å². The van der Waals surface area contributed by atoms with Crippen LogP contribution in [-0.2, 0) is 25.8 Å². The third-order valence-corrected chi connectivity index (χ3v) is 6.00. The van der Waals surface area contributed by atoms with Crippen molar-refractivity contribution in [1.82, 2.24) is 40.4 Å². The second-order valence-corrected chi connectivity index (χ2v) is 8.52. The lowest BCUT2D eigenvalue weighted by Crippen LogP contribution is -2.08. The van der Waals surface area contributed by atoms with Gasteiger partial charge in [-0.3, -0.25) is 4.98 Å². The molecule has 5 rings (SSSR count). The van der Waals surface area contributed by atoms with E-state index < -0.39 is 0 Å². The Hall–Kier alpha value is -4.20. The molecular formula is C27H28N8. The summed E-state index contributed by atoms with van der Waals surface area (Å²) in [6.45, 7) is 2.80. The molecule has 0 radical (unpaired) electrons. The summed E-state index contributed by atoms with van der Waals surface area (Å²) < 4.78 is 2.02. The Morgan fingerprint density at radius 2 is 1.69 bits per heavy atom. The van der Waals surface area contributed by atoms with E-state index in [0.29, 0.717) is 12.4 Å². The van der Waals surface area contributed by atoms with Crippen LogP contribution in [0.25, 0.3) is 22.5 Å². The summed E-state index contributed by atoms with van der Waals surface area (Å²) in [6.07, 6.45) is 6.80. The van der Waals surface area contributed by atoms with E-state index in [-0.39, 0.29) is 0 Å². The smallest absolute Gasteiger partial charge is 0.180 e. The number of pyridine rings is 1. The number of H-pyrrole nitrogens is 1. The molecule has 0 aliphatic rings. The van der Waals surface area contributed by atoms with Gasteiger partial charge in [0.15, 0.2) is 11.6 Å². The van der Waals surface area contributed by atoms with Crippen molar-refractivity contribution in [2.24, 2.45) is 0 Å². The van der Waals surface area contributed by atoms with Crippen LogP contribution in [0.4, 0.5) is 0 Å². The zero-order valence-corrected chi connectivity index (χ0v) is 19.8. The van der Waals surface area contributed by atoms with Crippen LogP contribution in [-0.4, -0.2) is 40.4 Å². The predicted molar refractivity (Wildman–Crippen MR) is 134 cm³/mol. The molecule has 0 spiro atoms. The standard InChI is InChI=1S/C27H28N8/c1-2-3-13-26-29-25(17-14-20-9-5-4-6-10-20)32-35(26)19-22-16-15-21(18-28-22)23-11-7-8-12-24(23)27-30-33-34-31-27/h4-12,15-16,18H,2-3,13-14,17,19H2,1H3,(H,30,31,33,34). The highest BCUT2D eigenvalue weighted by molar-refractivity contribution is 5.79. The van der Waals surface area contributed by atoms with Crippen molar-refractivity contribution in [1.29, 1.82) is 0 Å². The maximum Gasteiger partial charge on any atom is 0.180 e. The van der Waals surface area contributed by atoms with E-state index >= 15 is 0 Å². The SMILES string of the molecule is CCCCc1nc(CCc2ccccc2)nn1Cc1ccc(-c2ccccc2-c2nnn[nH]2)cn1. The lowest BCUT2D eigenvalue weighted by atomic mass is 10.0. The van der Waals surface area contributed by atoms with E-state index in [4.69, 9.17) is 15.1 Å². The zero-order chi connectivity index (χ0) is 23.9. The van der Waals surface area contributed by atoms with Crippen molar-refractivity contribution >= 4 is 0 Å². The number of aromatic nitrogens is 8. The minimum Gasteiger partial charge on any atom is -0.259 e. The van der Waals surface area contributed by atoms with Crippen LogP contribution in [0.1, 0.15) is 42.7 Å². The van der Waals surface area contributed by atoms with Crippen LogP contribution < -0.4 is 0 Å². The lowest BCUT2D eigenvalue weighted by Gasteiger charge is -2.09. The molecule has 0 saturated heterocycles. The molecule has 2 aromatic carbocycles. The van der Waals surface area contributed by atoms with Crippen LogP contribution in [0.15, 0.2) is 72.9 Å². The highest BCUT2D eigenvalue weighted by Gasteiger charge is 2.13. The second kappa shape index (κ2) is 10.8. The minimum atomic E-state index is 0.603. The molecule has 1 N–H and O–H groups in total. The molecule has 0 bridgehead atoms. The van der Waals surface area contributed by atoms with E-state index in [2.05, 4.69) is 63.9 Å². The topological polar surface area (TPSA) is 98.1 Å². The molecule has 0 aliphatic carbocycles. The van der Waals surface area contributed by atoms with E-state index in [1.54, 1.807) is 0 Å². The first-order valence-electron chi connectivity index (χ1n) is 12.0. The number of aryl methyl sites for hydroxylation is 3. The number of nitrogens with one attached hydrogen (secondary N) is 1. The van der Waals surface area contributed by atoms with Crippen LogP contribution in [0.3, 0.4) is 0 Å². The van der Waals surface area contributed by atoms with Gasteiger partial charge in [-0.15, -0.1) is 5.10 Å². The predicted octanol–water partition coefficient (Wildman–Crippen LogP) is 4.70. The maximum atomic E-state index is 4.87. The maximum absolute atomic E-state index is 4.87. The summed E-state index contributed by atoms with van der Waals surface area (Å²) >= 11 is 0. The number of rotatable bonds is 10. The quantitative estimate of drug-likeness (QED) is 0.322. The largest absolute Gasteiger partial charge is 0.259 e. The summed E-state index contributed by atoms with van der Waals surface area (Å²) in [4.78, 5) is 9.61. The van der Waals surface area contributed by atoms with Gasteiger partial charge in [0, 0.05) is 30.2 Å². The van der Waals surface area contributed by atoms with Gasteiger partial charge in [0.1, 0.15) is 5.82 Å². The molecule has 35 heavy (non-hydrogen) atoms. The monoisotopic (exact) mass is 464 g/mol. The number of nitrogens with zero attached hydrogens (tertiary/aromatic N) is 7. The van der Waals surface area contributed by atoms with E-state index in [1.165, 1.54) is 5.56 Å². The average Bonchev–Trinajstić information content (AvgIpc) is 3.58. The van der Waals surface area contributed by atoms with Gasteiger partial charge in [0.05, 0.1) is 12.2 Å². The minimum absolute atomic E-state index is 0.603. The first-order chi connectivity index (χ1) is 17.3. The van der Waals surface area contributed by atoms with Crippen molar-refractivity contribution in [2.75, 3.05) is 0 Å². The molecule has 0 amide bonds. The van der Waals surface area contributed by atoms with Gasteiger partial charge in [0.2, 0.25) is 0 Å². The fraction of sp³-hybridized carbons (Fsp3) is 0.259. The number of tetrazole rings is 1. The zero-order valence-electron chi connectivity index (χ0n) is 19.8. The molecular weight excluding hydrogens is 436 g/mol. The van der Waals surface area contributed by atoms with Crippen molar-refractivity contribution in [3.63, 3.8) is 0 Å². The fourth-order valence-electron chi connectivity index (χ4n) is 4.12. The summed E-state index contributed by atoms with van der Waals surface area (Å²) in [5, 5.41) is 19.2. The Bertz CT molecular complexity index is 1340. The summed E-state index contributed by atoms with van der Waals surface area (Å²) in [5.41, 5.74) is 5.22. The van der Waals surface area contributed by atoms with Gasteiger partial charge in [0.25, 0.3) is 0 Å².